The molecule has 0 aromatic heterocycles. The van der Waals surface area contributed by atoms with Crippen molar-refractivity contribution in [3.05, 3.63) is 34.9 Å². The molecule has 3 heteroatoms. The zero-order chi connectivity index (χ0) is 11.7. The first-order chi connectivity index (χ1) is 7.66. The van der Waals surface area contributed by atoms with Crippen molar-refractivity contribution in [2.24, 2.45) is 0 Å². The minimum atomic E-state index is 0.137. The van der Waals surface area contributed by atoms with Crippen LogP contribution in [0.25, 0.3) is 0 Å². The summed E-state index contributed by atoms with van der Waals surface area (Å²) in [5.74, 6) is 0.137. The fourth-order valence-electron chi connectivity index (χ4n) is 2.30. The van der Waals surface area contributed by atoms with Gasteiger partial charge in [0.25, 0.3) is 5.91 Å². The molecule has 0 bridgehead atoms. The molecule has 1 aromatic carbocycles. The van der Waals surface area contributed by atoms with Crippen LogP contribution in [0, 0.1) is 6.92 Å². The quantitative estimate of drug-likeness (QED) is 0.779. The summed E-state index contributed by atoms with van der Waals surface area (Å²) in [6.07, 6.45) is 0. The molecule has 1 aromatic rings. The smallest absolute Gasteiger partial charge is 0.255 e. The number of carbonyl (C=O) groups is 1. The van der Waals surface area contributed by atoms with Crippen LogP contribution in [-0.2, 0) is 4.74 Å². The predicted octanol–water partition coefficient (Wildman–Crippen LogP) is 2.16. The van der Waals surface area contributed by atoms with Gasteiger partial charge in [0.05, 0.1) is 12.6 Å². The topological polar surface area (TPSA) is 29.5 Å². The minimum Gasteiger partial charge on any atom is -0.383 e. The van der Waals surface area contributed by atoms with E-state index in [9.17, 15) is 4.79 Å². The number of methoxy groups -OCH3 is 1. The van der Waals surface area contributed by atoms with Crippen LogP contribution in [-0.4, -0.2) is 31.1 Å². The fraction of sp³-hybridized carbons (Fsp3) is 0.462. The number of aryl methyl sites for hydroxylation is 1. The van der Waals surface area contributed by atoms with E-state index in [0.717, 1.165) is 16.7 Å². The molecule has 1 atom stereocenters. The first-order valence-corrected chi connectivity index (χ1v) is 5.56. The molecule has 1 heterocycles. The number of ether oxygens (including phenoxy) is 1. The van der Waals surface area contributed by atoms with Crippen LogP contribution in [0.5, 0.6) is 0 Å². The zero-order valence-corrected chi connectivity index (χ0v) is 9.99. The summed E-state index contributed by atoms with van der Waals surface area (Å²) in [5.41, 5.74) is 3.08. The molecule has 86 valence electrons. The van der Waals surface area contributed by atoms with Gasteiger partial charge in [0.1, 0.15) is 0 Å². The molecule has 1 amide bonds. The molecule has 3 nitrogen and oxygen atoms in total. The Labute approximate surface area is 96.0 Å². The normalized spacial score (nSPS) is 19.1. The van der Waals surface area contributed by atoms with Gasteiger partial charge in [0, 0.05) is 19.2 Å². The van der Waals surface area contributed by atoms with E-state index in [2.05, 4.69) is 6.92 Å². The average molecular weight is 219 g/mol. The molecule has 0 aliphatic carbocycles. The summed E-state index contributed by atoms with van der Waals surface area (Å²) in [6, 6.07) is 6.20. The van der Waals surface area contributed by atoms with Crippen LogP contribution in [0.4, 0.5) is 0 Å². The third-order valence-electron chi connectivity index (χ3n) is 3.23. The second kappa shape index (κ2) is 4.26. The Morgan fingerprint density at radius 3 is 2.81 bits per heavy atom. The van der Waals surface area contributed by atoms with Crippen LogP contribution in [0.1, 0.15) is 34.5 Å². The summed E-state index contributed by atoms with van der Waals surface area (Å²) >= 11 is 0. The van der Waals surface area contributed by atoms with Crippen molar-refractivity contribution in [2.75, 3.05) is 20.3 Å². The van der Waals surface area contributed by atoms with Crippen molar-refractivity contribution in [1.82, 2.24) is 4.90 Å². The standard InChI is InChI=1S/C13H17NO2/c1-9-5-4-6-11-10(2)14(7-8-16-3)13(15)12(9)11/h4-6,10H,7-8H2,1-3H3. The number of amides is 1. The van der Waals surface area contributed by atoms with Crippen LogP contribution >= 0.6 is 0 Å². The van der Waals surface area contributed by atoms with Crippen molar-refractivity contribution < 1.29 is 9.53 Å². The molecule has 16 heavy (non-hydrogen) atoms. The molecule has 0 spiro atoms. The van der Waals surface area contributed by atoms with Gasteiger partial charge >= 0.3 is 0 Å². The first-order valence-electron chi connectivity index (χ1n) is 5.56. The second-order valence-electron chi connectivity index (χ2n) is 4.21. The molecule has 1 aliphatic heterocycles. The number of carbonyl (C=O) groups excluding carboxylic acids is 1. The number of benzene rings is 1. The van der Waals surface area contributed by atoms with Gasteiger partial charge in [-0.1, -0.05) is 18.2 Å². The van der Waals surface area contributed by atoms with Crippen molar-refractivity contribution >= 4 is 5.91 Å². The van der Waals surface area contributed by atoms with Gasteiger partial charge in [-0.15, -0.1) is 0 Å². The molecule has 2 rings (SSSR count). The third-order valence-corrected chi connectivity index (χ3v) is 3.23. The van der Waals surface area contributed by atoms with Crippen LogP contribution in [0.2, 0.25) is 0 Å². The number of fused-ring (bicyclic) bond motifs is 1. The Bertz CT molecular complexity index is 414. The van der Waals surface area contributed by atoms with Gasteiger partial charge in [-0.3, -0.25) is 4.79 Å². The van der Waals surface area contributed by atoms with E-state index in [-0.39, 0.29) is 11.9 Å². The van der Waals surface area contributed by atoms with E-state index in [4.69, 9.17) is 4.74 Å². The summed E-state index contributed by atoms with van der Waals surface area (Å²) in [5, 5.41) is 0. The number of rotatable bonds is 3. The monoisotopic (exact) mass is 219 g/mol. The second-order valence-corrected chi connectivity index (χ2v) is 4.21. The molecule has 1 unspecified atom stereocenters. The zero-order valence-electron chi connectivity index (χ0n) is 9.99. The Morgan fingerprint density at radius 1 is 1.44 bits per heavy atom. The molecule has 0 saturated carbocycles. The van der Waals surface area contributed by atoms with E-state index >= 15 is 0 Å². The van der Waals surface area contributed by atoms with Crippen molar-refractivity contribution in [2.45, 2.75) is 19.9 Å². The Kier molecular flexibility index (Phi) is 2.97. The van der Waals surface area contributed by atoms with E-state index < -0.39 is 0 Å². The van der Waals surface area contributed by atoms with E-state index in [1.54, 1.807) is 7.11 Å². The number of hydrogen-bond donors (Lipinski definition) is 0. The Balaban J connectivity index is 2.33. The van der Waals surface area contributed by atoms with Gasteiger partial charge in [0.2, 0.25) is 0 Å². The molecule has 0 fully saturated rings. The van der Waals surface area contributed by atoms with Crippen molar-refractivity contribution in [3.63, 3.8) is 0 Å². The maximum absolute atomic E-state index is 12.2. The average Bonchev–Trinajstić information content (AvgIpc) is 2.51. The molecular weight excluding hydrogens is 202 g/mol. The van der Waals surface area contributed by atoms with Gasteiger partial charge in [-0.05, 0) is 25.0 Å². The van der Waals surface area contributed by atoms with Gasteiger partial charge < -0.3 is 9.64 Å². The molecule has 0 N–H and O–H groups in total. The Hall–Kier alpha value is -1.35. The largest absolute Gasteiger partial charge is 0.383 e. The summed E-state index contributed by atoms with van der Waals surface area (Å²) in [4.78, 5) is 14.1. The molecule has 0 radical (unpaired) electrons. The van der Waals surface area contributed by atoms with E-state index in [0.29, 0.717) is 13.2 Å². The fourth-order valence-corrected chi connectivity index (χ4v) is 2.30. The Morgan fingerprint density at radius 2 is 2.19 bits per heavy atom. The van der Waals surface area contributed by atoms with Gasteiger partial charge in [-0.25, -0.2) is 0 Å². The maximum Gasteiger partial charge on any atom is 0.255 e. The van der Waals surface area contributed by atoms with E-state index in [1.807, 2.05) is 30.0 Å². The van der Waals surface area contributed by atoms with Crippen LogP contribution in [0.3, 0.4) is 0 Å². The highest BCUT2D eigenvalue weighted by atomic mass is 16.5. The van der Waals surface area contributed by atoms with E-state index in [1.165, 1.54) is 0 Å². The predicted molar refractivity (Wildman–Crippen MR) is 62.5 cm³/mol. The van der Waals surface area contributed by atoms with Gasteiger partial charge in [0.15, 0.2) is 0 Å². The highest BCUT2D eigenvalue weighted by Crippen LogP contribution is 2.34. The summed E-state index contributed by atoms with van der Waals surface area (Å²) in [6.45, 7) is 5.30. The van der Waals surface area contributed by atoms with Gasteiger partial charge in [-0.2, -0.15) is 0 Å². The number of hydrogen-bond acceptors (Lipinski definition) is 2. The first kappa shape index (κ1) is 11.1. The van der Waals surface area contributed by atoms with Crippen LogP contribution < -0.4 is 0 Å². The molecular formula is C13H17NO2. The van der Waals surface area contributed by atoms with Crippen molar-refractivity contribution in [1.29, 1.82) is 0 Å². The lowest BCUT2D eigenvalue weighted by Gasteiger charge is -2.21. The third kappa shape index (κ3) is 1.61. The highest BCUT2D eigenvalue weighted by molar-refractivity contribution is 6.00. The minimum absolute atomic E-state index is 0.137. The SMILES string of the molecule is COCCN1C(=O)c2c(C)cccc2C1C. The number of nitrogens with zero attached hydrogens (tertiary/aromatic N) is 1. The summed E-state index contributed by atoms with van der Waals surface area (Å²) in [7, 11) is 1.66. The molecule has 1 aliphatic rings. The van der Waals surface area contributed by atoms with Crippen LogP contribution in [0.15, 0.2) is 18.2 Å². The van der Waals surface area contributed by atoms with Crippen molar-refractivity contribution in [3.8, 4) is 0 Å². The lowest BCUT2D eigenvalue weighted by atomic mass is 10.0. The lowest BCUT2D eigenvalue weighted by molar-refractivity contribution is 0.0667. The summed E-state index contributed by atoms with van der Waals surface area (Å²) < 4.78 is 5.04. The highest BCUT2D eigenvalue weighted by Gasteiger charge is 2.34. The molecule has 0 saturated heterocycles. The maximum atomic E-state index is 12.2. The lowest BCUT2D eigenvalue weighted by Crippen LogP contribution is -2.30.